The molecule has 0 bridgehead atoms. The van der Waals surface area contributed by atoms with Crippen molar-refractivity contribution in [3.63, 3.8) is 0 Å². The van der Waals surface area contributed by atoms with Crippen LogP contribution in [-0.4, -0.2) is 26.0 Å². The summed E-state index contributed by atoms with van der Waals surface area (Å²) in [6.45, 7) is 5.84. The van der Waals surface area contributed by atoms with E-state index in [0.717, 1.165) is 12.8 Å². The first-order valence-corrected chi connectivity index (χ1v) is 8.68. The molecular weight excluding hydrogens is 258 g/mol. The minimum Gasteiger partial charge on any atom is -0.327 e. The zero-order chi connectivity index (χ0) is 14.5. The standard InChI is InChI=1S/C15H25NO2S/c1-4-19(17,18)9-5-6-15(16)11-14-10-12(2)7-8-13(14)3/h7-8,10,15H,4-6,9,11,16H2,1-3H3. The van der Waals surface area contributed by atoms with Crippen molar-refractivity contribution in [2.45, 2.75) is 46.1 Å². The van der Waals surface area contributed by atoms with Gasteiger partial charge >= 0.3 is 0 Å². The summed E-state index contributed by atoms with van der Waals surface area (Å²) in [6, 6.07) is 6.40. The number of aryl methyl sites for hydroxylation is 2. The van der Waals surface area contributed by atoms with Crippen LogP contribution in [0.1, 0.15) is 36.5 Å². The van der Waals surface area contributed by atoms with Gasteiger partial charge in [0.2, 0.25) is 0 Å². The Morgan fingerprint density at radius 2 is 1.95 bits per heavy atom. The predicted octanol–water partition coefficient (Wildman–Crippen LogP) is 2.39. The van der Waals surface area contributed by atoms with Gasteiger partial charge in [-0.15, -0.1) is 0 Å². The van der Waals surface area contributed by atoms with Gasteiger partial charge < -0.3 is 5.73 Å². The molecule has 3 nitrogen and oxygen atoms in total. The van der Waals surface area contributed by atoms with Gasteiger partial charge in [-0.25, -0.2) is 8.42 Å². The van der Waals surface area contributed by atoms with Gasteiger partial charge in [-0.1, -0.05) is 30.7 Å². The SMILES string of the molecule is CCS(=O)(=O)CCCC(N)Cc1cc(C)ccc1C. The van der Waals surface area contributed by atoms with E-state index in [0.29, 0.717) is 6.42 Å². The van der Waals surface area contributed by atoms with Gasteiger partial charge in [-0.3, -0.25) is 0 Å². The van der Waals surface area contributed by atoms with Crippen LogP contribution in [0.4, 0.5) is 0 Å². The second-order valence-corrected chi connectivity index (χ2v) is 7.75. The van der Waals surface area contributed by atoms with E-state index in [4.69, 9.17) is 5.73 Å². The quantitative estimate of drug-likeness (QED) is 0.836. The molecule has 0 amide bonds. The molecule has 2 N–H and O–H groups in total. The Balaban J connectivity index is 2.47. The maximum absolute atomic E-state index is 11.4. The maximum Gasteiger partial charge on any atom is 0.150 e. The molecule has 1 unspecified atom stereocenters. The number of hydrogen-bond acceptors (Lipinski definition) is 3. The highest BCUT2D eigenvalue weighted by molar-refractivity contribution is 7.91. The summed E-state index contributed by atoms with van der Waals surface area (Å²) < 4.78 is 22.8. The highest BCUT2D eigenvalue weighted by Crippen LogP contribution is 2.14. The first-order valence-electron chi connectivity index (χ1n) is 6.86. The molecule has 0 aliphatic rings. The van der Waals surface area contributed by atoms with Crippen molar-refractivity contribution in [3.8, 4) is 0 Å². The fraction of sp³-hybridized carbons (Fsp3) is 0.600. The molecule has 1 atom stereocenters. The normalized spacial score (nSPS) is 13.5. The molecular formula is C15H25NO2S. The van der Waals surface area contributed by atoms with Crippen LogP contribution in [0.25, 0.3) is 0 Å². The molecule has 0 heterocycles. The molecule has 108 valence electrons. The first-order chi connectivity index (χ1) is 8.84. The summed E-state index contributed by atoms with van der Waals surface area (Å²) in [5.74, 6) is 0.475. The lowest BCUT2D eigenvalue weighted by Crippen LogP contribution is -2.24. The Labute approximate surface area is 117 Å². The van der Waals surface area contributed by atoms with Gasteiger partial charge in [0.15, 0.2) is 0 Å². The zero-order valence-corrected chi connectivity index (χ0v) is 13.0. The first kappa shape index (κ1) is 16.2. The molecule has 0 radical (unpaired) electrons. The number of rotatable bonds is 7. The Kier molecular flexibility index (Phi) is 6.01. The van der Waals surface area contributed by atoms with E-state index in [1.165, 1.54) is 16.7 Å². The van der Waals surface area contributed by atoms with Crippen molar-refractivity contribution < 1.29 is 8.42 Å². The summed E-state index contributed by atoms with van der Waals surface area (Å²) >= 11 is 0. The van der Waals surface area contributed by atoms with Gasteiger partial charge in [-0.05, 0) is 44.2 Å². The van der Waals surface area contributed by atoms with Crippen molar-refractivity contribution in [2.24, 2.45) is 5.73 Å². The van der Waals surface area contributed by atoms with E-state index in [9.17, 15) is 8.42 Å². The van der Waals surface area contributed by atoms with Crippen LogP contribution in [0, 0.1) is 13.8 Å². The lowest BCUT2D eigenvalue weighted by molar-refractivity contribution is 0.574. The number of hydrogen-bond donors (Lipinski definition) is 1. The molecule has 1 rings (SSSR count). The average molecular weight is 283 g/mol. The molecule has 0 saturated carbocycles. The van der Waals surface area contributed by atoms with Crippen molar-refractivity contribution >= 4 is 9.84 Å². The second kappa shape index (κ2) is 7.06. The molecule has 4 heteroatoms. The Hall–Kier alpha value is -0.870. The Morgan fingerprint density at radius 1 is 1.26 bits per heavy atom. The topological polar surface area (TPSA) is 60.2 Å². The minimum atomic E-state index is -2.86. The lowest BCUT2D eigenvalue weighted by atomic mass is 9.97. The largest absolute Gasteiger partial charge is 0.327 e. The Morgan fingerprint density at radius 3 is 2.58 bits per heavy atom. The number of benzene rings is 1. The molecule has 0 aliphatic heterocycles. The average Bonchev–Trinajstić information content (AvgIpc) is 2.33. The van der Waals surface area contributed by atoms with Crippen LogP contribution in [0.5, 0.6) is 0 Å². The van der Waals surface area contributed by atoms with E-state index in [1.807, 2.05) is 0 Å². The van der Waals surface area contributed by atoms with Crippen molar-refractivity contribution in [1.82, 2.24) is 0 Å². The fourth-order valence-corrected chi connectivity index (χ4v) is 3.01. The lowest BCUT2D eigenvalue weighted by Gasteiger charge is -2.14. The van der Waals surface area contributed by atoms with Crippen LogP contribution in [0.2, 0.25) is 0 Å². The van der Waals surface area contributed by atoms with E-state index in [1.54, 1.807) is 6.92 Å². The summed E-state index contributed by atoms with van der Waals surface area (Å²) in [5, 5.41) is 0. The van der Waals surface area contributed by atoms with Crippen LogP contribution >= 0.6 is 0 Å². The smallest absolute Gasteiger partial charge is 0.150 e. The van der Waals surface area contributed by atoms with Crippen molar-refractivity contribution in [1.29, 1.82) is 0 Å². The number of nitrogens with two attached hydrogens (primary N) is 1. The van der Waals surface area contributed by atoms with Crippen molar-refractivity contribution in [3.05, 3.63) is 34.9 Å². The Bertz CT molecular complexity index is 509. The molecule has 19 heavy (non-hydrogen) atoms. The van der Waals surface area contributed by atoms with E-state index >= 15 is 0 Å². The zero-order valence-electron chi connectivity index (χ0n) is 12.1. The molecule has 0 aliphatic carbocycles. The van der Waals surface area contributed by atoms with Crippen LogP contribution in [-0.2, 0) is 16.3 Å². The van der Waals surface area contributed by atoms with Gasteiger partial charge in [0.25, 0.3) is 0 Å². The summed E-state index contributed by atoms with van der Waals surface area (Å²) in [6.07, 6.45) is 2.23. The highest BCUT2D eigenvalue weighted by Gasteiger charge is 2.10. The maximum atomic E-state index is 11.4. The van der Waals surface area contributed by atoms with E-state index in [-0.39, 0.29) is 17.5 Å². The molecule has 0 fully saturated rings. The third kappa shape index (κ3) is 5.74. The van der Waals surface area contributed by atoms with Crippen LogP contribution in [0.3, 0.4) is 0 Å². The van der Waals surface area contributed by atoms with Gasteiger partial charge in [-0.2, -0.15) is 0 Å². The van der Waals surface area contributed by atoms with Crippen molar-refractivity contribution in [2.75, 3.05) is 11.5 Å². The predicted molar refractivity (Wildman–Crippen MR) is 81.2 cm³/mol. The third-order valence-corrected chi connectivity index (χ3v) is 5.25. The molecule has 1 aromatic carbocycles. The number of sulfone groups is 1. The summed E-state index contributed by atoms with van der Waals surface area (Å²) in [4.78, 5) is 0. The summed E-state index contributed by atoms with van der Waals surface area (Å²) in [7, 11) is -2.86. The monoisotopic (exact) mass is 283 g/mol. The fourth-order valence-electron chi connectivity index (χ4n) is 2.11. The molecule has 0 aromatic heterocycles. The third-order valence-electron chi connectivity index (χ3n) is 3.46. The van der Waals surface area contributed by atoms with E-state index < -0.39 is 9.84 Å². The van der Waals surface area contributed by atoms with Gasteiger partial charge in [0.05, 0.1) is 5.75 Å². The molecule has 0 saturated heterocycles. The minimum absolute atomic E-state index is 0.0348. The van der Waals surface area contributed by atoms with E-state index in [2.05, 4.69) is 32.0 Å². The summed E-state index contributed by atoms with van der Waals surface area (Å²) in [5.41, 5.74) is 9.86. The highest BCUT2D eigenvalue weighted by atomic mass is 32.2. The molecule has 0 spiro atoms. The molecule has 1 aromatic rings. The van der Waals surface area contributed by atoms with Crippen LogP contribution < -0.4 is 5.73 Å². The van der Waals surface area contributed by atoms with Gasteiger partial charge in [0.1, 0.15) is 9.84 Å². The van der Waals surface area contributed by atoms with Crippen LogP contribution in [0.15, 0.2) is 18.2 Å². The second-order valence-electron chi connectivity index (χ2n) is 5.27. The van der Waals surface area contributed by atoms with Gasteiger partial charge in [0, 0.05) is 11.8 Å².